The molecule has 0 spiro atoms. The van der Waals surface area contributed by atoms with Crippen molar-refractivity contribution in [3.8, 4) is 0 Å². The number of amides is 3. The van der Waals surface area contributed by atoms with E-state index in [0.29, 0.717) is 53.2 Å². The third-order valence-electron chi connectivity index (χ3n) is 8.69. The van der Waals surface area contributed by atoms with E-state index in [1.165, 1.54) is 50.2 Å². The molecule has 4 aromatic rings. The molecule has 0 aromatic heterocycles. The second-order valence-corrected chi connectivity index (χ2v) is 15.1. The van der Waals surface area contributed by atoms with Crippen molar-refractivity contribution in [2.45, 2.75) is 52.7 Å². The SMILES string of the molecule is NNC(=O)c1ccc(Cl)c(Cl)c1.[C-]#[N+]c1ccc(C[C@@H](C(=O)NNC(=O)c2ccc(Cl)c(Cl)c2)[C@H](C)O)c(C)c1Cl.[C-]#[N+]c1ccc(C[C@@H](C(=O)O)[C@H](C)O)c(C)c1Cl. The Bertz CT molecular complexity index is 2280. The van der Waals surface area contributed by atoms with Crippen LogP contribution in [0.2, 0.25) is 30.1 Å². The van der Waals surface area contributed by atoms with Crippen LogP contribution in [0.15, 0.2) is 60.7 Å². The number of hydrazine groups is 2. The molecule has 0 bridgehead atoms. The Morgan fingerprint density at radius 1 is 0.644 bits per heavy atom. The van der Waals surface area contributed by atoms with Crippen LogP contribution in [0.25, 0.3) is 9.69 Å². The predicted molar refractivity (Wildman–Crippen MR) is 230 cm³/mol. The molecule has 4 rings (SSSR count). The van der Waals surface area contributed by atoms with Crippen LogP contribution < -0.4 is 22.1 Å². The van der Waals surface area contributed by atoms with Gasteiger partial charge < -0.3 is 15.3 Å². The zero-order chi connectivity index (χ0) is 44.7. The molecule has 0 saturated carbocycles. The van der Waals surface area contributed by atoms with Crippen molar-refractivity contribution in [2.75, 3.05) is 0 Å². The van der Waals surface area contributed by atoms with Gasteiger partial charge in [-0.1, -0.05) is 93.9 Å². The maximum absolute atomic E-state index is 12.6. The third-order valence-corrected chi connectivity index (χ3v) is 11.1. The Labute approximate surface area is 370 Å². The summed E-state index contributed by atoms with van der Waals surface area (Å²) in [6.07, 6.45) is -1.57. The van der Waals surface area contributed by atoms with Crippen molar-refractivity contribution < 1.29 is 34.5 Å². The lowest BCUT2D eigenvalue weighted by molar-refractivity contribution is -0.145. The van der Waals surface area contributed by atoms with E-state index in [9.17, 15) is 29.4 Å². The first-order valence-electron chi connectivity index (χ1n) is 17.1. The minimum atomic E-state index is -1.05. The van der Waals surface area contributed by atoms with Crippen LogP contribution in [0, 0.1) is 38.8 Å². The minimum absolute atomic E-state index is 0.177. The van der Waals surface area contributed by atoms with E-state index in [1.54, 1.807) is 38.1 Å². The normalized spacial score (nSPS) is 12.3. The van der Waals surface area contributed by atoms with Crippen molar-refractivity contribution in [1.82, 2.24) is 16.3 Å². The fourth-order valence-corrected chi connectivity index (χ4v) is 6.15. The number of nitrogens with two attached hydrogens (primary N) is 1. The molecular weight excluding hydrogens is 889 g/mol. The quantitative estimate of drug-likeness (QED) is 0.0354. The zero-order valence-electron chi connectivity index (χ0n) is 31.7. The number of aliphatic hydroxyl groups is 2. The van der Waals surface area contributed by atoms with E-state index in [-0.39, 0.29) is 23.4 Å². The number of nitrogens with one attached hydrogen (secondary N) is 3. The largest absolute Gasteiger partial charge is 0.481 e. The molecule has 4 atom stereocenters. The van der Waals surface area contributed by atoms with Gasteiger partial charge in [-0.15, -0.1) is 0 Å². The second kappa shape index (κ2) is 23.8. The van der Waals surface area contributed by atoms with E-state index < -0.39 is 47.7 Å². The molecule has 8 N–H and O–H groups in total. The highest BCUT2D eigenvalue weighted by Crippen LogP contribution is 2.33. The highest BCUT2D eigenvalue weighted by Gasteiger charge is 2.27. The Hall–Kier alpha value is -4.64. The summed E-state index contributed by atoms with van der Waals surface area (Å²) in [4.78, 5) is 53.3. The number of benzene rings is 4. The van der Waals surface area contributed by atoms with Crippen molar-refractivity contribution in [2.24, 2.45) is 17.7 Å². The van der Waals surface area contributed by atoms with Crippen LogP contribution in [0.3, 0.4) is 0 Å². The molecule has 4 aromatic carbocycles. The van der Waals surface area contributed by atoms with Crippen molar-refractivity contribution in [1.29, 1.82) is 0 Å². The Kier molecular flexibility index (Phi) is 20.4. The van der Waals surface area contributed by atoms with Gasteiger partial charge in [-0.3, -0.25) is 35.5 Å². The van der Waals surface area contributed by atoms with Crippen LogP contribution in [-0.2, 0) is 22.4 Å². The van der Waals surface area contributed by atoms with Crippen molar-refractivity contribution in [3.05, 3.63) is 147 Å². The van der Waals surface area contributed by atoms with Crippen LogP contribution in [0.5, 0.6) is 0 Å². The number of rotatable bonds is 10. The van der Waals surface area contributed by atoms with Gasteiger partial charge >= 0.3 is 5.97 Å². The first-order chi connectivity index (χ1) is 27.7. The van der Waals surface area contributed by atoms with Gasteiger partial charge in [-0.25, -0.2) is 15.5 Å². The smallest absolute Gasteiger partial charge is 0.309 e. The van der Waals surface area contributed by atoms with Gasteiger partial charge in [-0.05, 0) is 99.2 Å². The van der Waals surface area contributed by atoms with Gasteiger partial charge in [0.2, 0.25) is 17.3 Å². The molecule has 0 aliphatic rings. The van der Waals surface area contributed by atoms with Crippen LogP contribution in [0.4, 0.5) is 11.4 Å². The lowest BCUT2D eigenvalue weighted by Gasteiger charge is -2.21. The number of carboxylic acids is 1. The highest BCUT2D eigenvalue weighted by molar-refractivity contribution is 6.42. The van der Waals surface area contributed by atoms with E-state index in [1.807, 2.05) is 5.43 Å². The predicted octanol–water partition coefficient (Wildman–Crippen LogP) is 8.93. The number of carboxylic acid groups (broad SMARTS) is 1. The van der Waals surface area contributed by atoms with E-state index in [0.717, 1.165) is 11.1 Å². The number of aliphatic carboxylic acids is 1. The van der Waals surface area contributed by atoms with Gasteiger partial charge in [0.25, 0.3) is 11.8 Å². The summed E-state index contributed by atoms with van der Waals surface area (Å²) >= 11 is 35.2. The molecule has 312 valence electrons. The maximum Gasteiger partial charge on any atom is 0.309 e. The molecule has 19 heteroatoms. The summed E-state index contributed by atoms with van der Waals surface area (Å²) in [5.74, 6) is 0.597. The van der Waals surface area contributed by atoms with Gasteiger partial charge in [0.1, 0.15) is 0 Å². The number of nitrogen functional groups attached to an aromatic ring is 1. The van der Waals surface area contributed by atoms with Crippen LogP contribution >= 0.6 is 69.6 Å². The fourth-order valence-electron chi connectivity index (χ4n) is 5.10. The summed E-state index contributed by atoms with van der Waals surface area (Å²) in [5.41, 5.74) is 10.7. The number of hydrogen-bond donors (Lipinski definition) is 7. The zero-order valence-corrected chi connectivity index (χ0v) is 36.2. The van der Waals surface area contributed by atoms with Crippen LogP contribution in [0.1, 0.15) is 56.8 Å². The van der Waals surface area contributed by atoms with E-state index in [4.69, 9.17) is 93.7 Å². The van der Waals surface area contributed by atoms with Gasteiger partial charge in [0, 0.05) is 11.1 Å². The van der Waals surface area contributed by atoms with Crippen molar-refractivity contribution in [3.63, 3.8) is 0 Å². The monoisotopic (exact) mass is 924 g/mol. The number of nitrogens with zero attached hydrogens (tertiary/aromatic N) is 2. The summed E-state index contributed by atoms with van der Waals surface area (Å²) < 4.78 is 0. The average molecular weight is 927 g/mol. The average Bonchev–Trinajstić information content (AvgIpc) is 3.19. The Morgan fingerprint density at radius 3 is 1.41 bits per heavy atom. The molecular formula is C40H38Cl6N6O7. The molecule has 0 radical (unpaired) electrons. The molecule has 0 fully saturated rings. The molecule has 0 aliphatic heterocycles. The van der Waals surface area contributed by atoms with Gasteiger partial charge in [0.15, 0.2) is 0 Å². The first kappa shape index (κ1) is 50.5. The second-order valence-electron chi connectivity index (χ2n) is 12.7. The van der Waals surface area contributed by atoms with Gasteiger partial charge in [-0.2, -0.15) is 0 Å². The lowest BCUT2D eigenvalue weighted by Crippen LogP contribution is -2.47. The van der Waals surface area contributed by atoms with E-state index in [2.05, 4.69) is 20.5 Å². The number of carbonyl (C=O) groups excluding carboxylic acids is 3. The molecule has 0 heterocycles. The Balaban J connectivity index is 0.000000339. The number of carbonyl (C=O) groups is 4. The van der Waals surface area contributed by atoms with E-state index >= 15 is 0 Å². The summed E-state index contributed by atoms with van der Waals surface area (Å²) in [6, 6.07) is 15.4. The standard InChI is InChI=1S/C20H18Cl3N3O3.C13H14ClNO3.C7H6Cl2N2O/c1-10-12(5-7-17(24-3)18(10)23)8-14(11(2)27)20(29)26-25-19(28)13-4-6-15(21)16(22)9-13;1-7-9(4-5-11(15-3)12(7)14)6-10(8(2)16)13(17)18;8-5-2-1-4(3-6(5)9)7(12)11-10/h4-7,9,11,14,27H,8H2,1-2H3,(H,25,28)(H,26,29);4-5,8,10,16H,6H2,1-2H3,(H,17,18);1-3H,10H2,(H,11,12)/t11-,14+;8-,10+;/m00./s1. The summed E-state index contributed by atoms with van der Waals surface area (Å²) in [5, 5.41) is 30.4. The fraction of sp³-hybridized carbons (Fsp3) is 0.250. The van der Waals surface area contributed by atoms with Crippen molar-refractivity contribution >= 4 is 105 Å². The lowest BCUT2D eigenvalue weighted by atomic mass is 9.91. The number of aliphatic hydroxyl groups excluding tert-OH is 2. The summed E-state index contributed by atoms with van der Waals surface area (Å²) in [6.45, 7) is 20.5. The molecule has 0 unspecified atom stereocenters. The van der Waals surface area contributed by atoms with Crippen LogP contribution in [-0.4, -0.2) is 51.2 Å². The number of hydrogen-bond acceptors (Lipinski definition) is 7. The highest BCUT2D eigenvalue weighted by atomic mass is 35.5. The summed E-state index contributed by atoms with van der Waals surface area (Å²) in [7, 11) is 0. The molecule has 59 heavy (non-hydrogen) atoms. The molecule has 3 amide bonds. The third kappa shape index (κ3) is 14.5. The van der Waals surface area contributed by atoms with Gasteiger partial charge in [0.05, 0.1) is 67.3 Å². The topological polar surface area (TPSA) is 200 Å². The molecule has 0 saturated heterocycles. The first-order valence-corrected chi connectivity index (χ1v) is 19.4. The maximum atomic E-state index is 12.6. The minimum Gasteiger partial charge on any atom is -0.481 e. The Morgan fingerprint density at radius 2 is 1.05 bits per heavy atom. The molecule has 0 aliphatic carbocycles. The molecule has 13 nitrogen and oxygen atoms in total. The number of halogens is 6.